The Morgan fingerprint density at radius 3 is 1.59 bits per heavy atom. The quantitative estimate of drug-likeness (QED) is 0.153. The van der Waals surface area contributed by atoms with Crippen LogP contribution in [0.4, 0.5) is 17.1 Å². The highest BCUT2D eigenvalue weighted by Crippen LogP contribution is 2.56. The highest BCUT2D eigenvalue weighted by atomic mass is 16.3. The predicted molar refractivity (Wildman–Crippen MR) is 272 cm³/mol. The second kappa shape index (κ2) is 15.3. The average molecular weight is 844 g/mol. The van der Waals surface area contributed by atoms with Gasteiger partial charge in [-0.05, 0) is 128 Å². The van der Waals surface area contributed by atoms with Crippen LogP contribution in [0.5, 0.6) is 0 Å². The highest BCUT2D eigenvalue weighted by Gasteiger charge is 2.45. The average Bonchev–Trinajstić information content (AvgIpc) is 4.08. The van der Waals surface area contributed by atoms with Crippen molar-refractivity contribution in [2.75, 3.05) is 4.90 Å². The predicted octanol–water partition coefficient (Wildman–Crippen LogP) is 17.2. The van der Waals surface area contributed by atoms with Crippen LogP contribution >= 0.6 is 0 Å². The molecule has 0 aliphatic heterocycles. The lowest BCUT2D eigenvalue weighted by atomic mass is 9.68. The van der Waals surface area contributed by atoms with Crippen molar-refractivity contribution in [3.63, 3.8) is 0 Å². The van der Waals surface area contributed by atoms with Gasteiger partial charge in [0.15, 0.2) is 0 Å². The maximum atomic E-state index is 6.27. The van der Waals surface area contributed by atoms with Crippen molar-refractivity contribution in [2.24, 2.45) is 0 Å². The lowest BCUT2D eigenvalue weighted by molar-refractivity contribution is 0.631. The Balaban J connectivity index is 0.933. The van der Waals surface area contributed by atoms with Gasteiger partial charge in [-0.15, -0.1) is 0 Å². The Morgan fingerprint density at radius 2 is 0.848 bits per heavy atom. The van der Waals surface area contributed by atoms with E-state index in [2.05, 4.69) is 223 Å². The van der Waals surface area contributed by atoms with Crippen molar-refractivity contribution >= 4 is 50.0 Å². The minimum absolute atomic E-state index is 0.479. The largest absolute Gasteiger partial charge is 0.456 e. The minimum Gasteiger partial charge on any atom is -0.456 e. The molecule has 10 aromatic carbocycles. The number of hydrogen-bond acceptors (Lipinski definition) is 3. The van der Waals surface area contributed by atoms with Gasteiger partial charge in [0, 0.05) is 38.8 Å². The molecule has 0 bridgehead atoms. The normalized spacial score (nSPS) is 12.7. The van der Waals surface area contributed by atoms with Gasteiger partial charge in [-0.2, -0.15) is 0 Å². The van der Waals surface area contributed by atoms with Crippen LogP contribution in [0.3, 0.4) is 0 Å². The first-order valence-corrected chi connectivity index (χ1v) is 22.6. The molecule has 0 unspecified atom stereocenters. The SMILES string of the molecule is c1ccc(-c2cc3cc(-c4ccc(N(c5ccc(C6(c7ccccc7)c7ccccc7-c7ccccc76)cc5)c5cccc(-c6ccc7oc8ccccc8c7c6)c5)cc4)ccc3o2)cc1. The monoisotopic (exact) mass is 843 g/mol. The number of fused-ring (bicyclic) bond motifs is 7. The van der Waals surface area contributed by atoms with Crippen LogP contribution in [0.15, 0.2) is 258 Å². The van der Waals surface area contributed by atoms with Crippen LogP contribution in [-0.2, 0) is 5.41 Å². The van der Waals surface area contributed by atoms with Crippen LogP contribution in [-0.4, -0.2) is 0 Å². The van der Waals surface area contributed by atoms with E-state index < -0.39 is 5.41 Å². The van der Waals surface area contributed by atoms with Crippen molar-refractivity contribution < 1.29 is 8.83 Å². The van der Waals surface area contributed by atoms with Crippen LogP contribution < -0.4 is 4.90 Å². The van der Waals surface area contributed by atoms with Crippen molar-refractivity contribution in [1.82, 2.24) is 0 Å². The maximum Gasteiger partial charge on any atom is 0.135 e. The van der Waals surface area contributed by atoms with E-state index >= 15 is 0 Å². The Morgan fingerprint density at radius 1 is 0.303 bits per heavy atom. The molecule has 0 amide bonds. The molecule has 0 N–H and O–H groups in total. The molecule has 310 valence electrons. The van der Waals surface area contributed by atoms with E-state index in [1.54, 1.807) is 0 Å². The highest BCUT2D eigenvalue weighted by molar-refractivity contribution is 6.06. The van der Waals surface area contributed by atoms with Gasteiger partial charge < -0.3 is 13.7 Å². The molecule has 0 saturated carbocycles. The van der Waals surface area contributed by atoms with E-state index in [1.165, 1.54) is 33.4 Å². The van der Waals surface area contributed by atoms with Crippen molar-refractivity contribution in [1.29, 1.82) is 0 Å². The molecule has 2 heterocycles. The fraction of sp³-hybridized carbons (Fsp3) is 0.0159. The molecule has 0 atom stereocenters. The summed E-state index contributed by atoms with van der Waals surface area (Å²) in [6, 6.07) is 89.6. The molecule has 3 nitrogen and oxygen atoms in total. The Labute approximate surface area is 383 Å². The van der Waals surface area contributed by atoms with Crippen molar-refractivity contribution in [2.45, 2.75) is 5.41 Å². The maximum absolute atomic E-state index is 6.27. The topological polar surface area (TPSA) is 29.5 Å². The van der Waals surface area contributed by atoms with E-state index in [4.69, 9.17) is 8.83 Å². The Hall–Kier alpha value is -8.66. The molecule has 0 radical (unpaired) electrons. The van der Waals surface area contributed by atoms with E-state index in [0.717, 1.165) is 83.5 Å². The molecule has 0 spiro atoms. The Kier molecular flexibility index (Phi) is 8.75. The molecule has 12 aromatic rings. The van der Waals surface area contributed by atoms with Gasteiger partial charge in [0.05, 0.1) is 5.41 Å². The third kappa shape index (κ3) is 6.05. The smallest absolute Gasteiger partial charge is 0.135 e. The molecular weight excluding hydrogens is 803 g/mol. The van der Waals surface area contributed by atoms with E-state index in [9.17, 15) is 0 Å². The van der Waals surface area contributed by atoms with Crippen LogP contribution in [0.2, 0.25) is 0 Å². The number of benzene rings is 10. The van der Waals surface area contributed by atoms with Crippen LogP contribution in [0.1, 0.15) is 22.3 Å². The molecule has 0 saturated heterocycles. The molecule has 0 fully saturated rings. The van der Waals surface area contributed by atoms with Gasteiger partial charge in [-0.1, -0.05) is 176 Å². The van der Waals surface area contributed by atoms with Gasteiger partial charge in [0.1, 0.15) is 22.5 Å². The summed E-state index contributed by atoms with van der Waals surface area (Å²) in [6.07, 6.45) is 0. The van der Waals surface area contributed by atoms with Gasteiger partial charge in [0.25, 0.3) is 0 Å². The Bertz CT molecular complexity index is 3700. The summed E-state index contributed by atoms with van der Waals surface area (Å²) in [5.41, 5.74) is 18.6. The second-order valence-corrected chi connectivity index (χ2v) is 17.2. The molecule has 1 aliphatic rings. The third-order valence-corrected chi connectivity index (χ3v) is 13.6. The summed E-state index contributed by atoms with van der Waals surface area (Å²) in [5.74, 6) is 0.871. The lowest BCUT2D eigenvalue weighted by Crippen LogP contribution is -2.28. The summed E-state index contributed by atoms with van der Waals surface area (Å²) in [6.45, 7) is 0. The fourth-order valence-electron chi connectivity index (χ4n) is 10.5. The van der Waals surface area contributed by atoms with E-state index in [-0.39, 0.29) is 0 Å². The van der Waals surface area contributed by atoms with Gasteiger partial charge in [-0.3, -0.25) is 0 Å². The molecule has 13 rings (SSSR count). The van der Waals surface area contributed by atoms with E-state index in [1.807, 2.05) is 30.3 Å². The van der Waals surface area contributed by atoms with Crippen LogP contribution in [0.25, 0.3) is 77.6 Å². The van der Waals surface area contributed by atoms with Crippen LogP contribution in [0, 0.1) is 0 Å². The summed E-state index contributed by atoms with van der Waals surface area (Å²) in [7, 11) is 0. The standard InChI is InChI=1S/C63H41NO2/c1-3-14-43(15-4-1)62-41-47-38-45(28-36-59(47)65-62)42-26-32-50(33-27-42)64(52-19-13-16-44(39-52)46-29-37-61-56(40-46)55-22-9-12-25-60(55)66-61)51-34-30-49(31-35-51)63(48-17-5-2-6-18-48)57-23-10-7-20-53(57)54-21-8-11-24-58(54)63/h1-41H. The number of para-hydroxylation sites is 1. The molecule has 3 heteroatoms. The zero-order chi connectivity index (χ0) is 43.6. The second-order valence-electron chi connectivity index (χ2n) is 17.2. The summed E-state index contributed by atoms with van der Waals surface area (Å²) < 4.78 is 12.5. The van der Waals surface area contributed by atoms with E-state index in [0.29, 0.717) is 0 Å². The number of rotatable bonds is 8. The van der Waals surface area contributed by atoms with Gasteiger partial charge >= 0.3 is 0 Å². The zero-order valence-corrected chi connectivity index (χ0v) is 35.9. The zero-order valence-electron chi connectivity index (χ0n) is 35.9. The molecule has 1 aliphatic carbocycles. The van der Waals surface area contributed by atoms with Crippen molar-refractivity contribution in [3.8, 4) is 44.7 Å². The van der Waals surface area contributed by atoms with Crippen molar-refractivity contribution in [3.05, 3.63) is 271 Å². The summed E-state index contributed by atoms with van der Waals surface area (Å²) >= 11 is 0. The third-order valence-electron chi connectivity index (χ3n) is 13.6. The first kappa shape index (κ1) is 37.9. The minimum atomic E-state index is -0.479. The summed E-state index contributed by atoms with van der Waals surface area (Å²) in [5, 5.41) is 3.32. The van der Waals surface area contributed by atoms with Gasteiger partial charge in [-0.25, -0.2) is 0 Å². The fourth-order valence-corrected chi connectivity index (χ4v) is 10.5. The molecule has 66 heavy (non-hydrogen) atoms. The molecule has 2 aromatic heterocycles. The van der Waals surface area contributed by atoms with Gasteiger partial charge in [0.2, 0.25) is 0 Å². The molecular formula is C63H41NO2. The first-order chi connectivity index (χ1) is 32.7. The number of anilines is 3. The number of hydrogen-bond donors (Lipinski definition) is 0. The number of furan rings is 2. The first-order valence-electron chi connectivity index (χ1n) is 22.6. The summed E-state index contributed by atoms with van der Waals surface area (Å²) in [4.78, 5) is 2.37. The number of nitrogens with zero attached hydrogens (tertiary/aromatic N) is 1. The lowest BCUT2D eigenvalue weighted by Gasteiger charge is -2.34.